The summed E-state index contributed by atoms with van der Waals surface area (Å²) < 4.78 is 0. The first-order valence-electron chi connectivity index (χ1n) is 9.04. The Kier molecular flexibility index (Phi) is 5.94. The molecule has 4 nitrogen and oxygen atoms in total. The van der Waals surface area contributed by atoms with Gasteiger partial charge in [0.25, 0.3) is 0 Å². The predicted molar refractivity (Wildman–Crippen MR) is 98.0 cm³/mol. The highest BCUT2D eigenvalue weighted by atomic mass is 15.0. The minimum atomic E-state index is 0.427. The molecule has 0 spiro atoms. The third kappa shape index (κ3) is 4.40. The SMILES string of the molecule is Cc1cnc(CNCCCNC2CCCc3cccnc32)c(C)c1. The van der Waals surface area contributed by atoms with Crippen LogP contribution in [0.3, 0.4) is 0 Å². The molecular formula is C20H28N4. The van der Waals surface area contributed by atoms with Gasteiger partial charge < -0.3 is 10.6 Å². The Morgan fingerprint density at radius 3 is 3.00 bits per heavy atom. The molecule has 0 radical (unpaired) electrons. The van der Waals surface area contributed by atoms with E-state index in [1.807, 2.05) is 18.5 Å². The second-order valence-corrected chi connectivity index (χ2v) is 6.75. The fourth-order valence-corrected chi connectivity index (χ4v) is 3.43. The molecule has 1 atom stereocenters. The standard InChI is InChI=1S/C20H28N4/c1-15-12-16(2)19(24-13-15)14-21-9-5-11-22-18-8-3-6-17-7-4-10-23-20(17)18/h4,7,10,12-13,18,21-22H,3,5-6,8-9,11,14H2,1-2H3. The lowest BCUT2D eigenvalue weighted by Crippen LogP contribution is -2.29. The van der Waals surface area contributed by atoms with Gasteiger partial charge in [0.05, 0.1) is 11.4 Å². The number of hydrogen-bond donors (Lipinski definition) is 2. The molecule has 2 N–H and O–H groups in total. The highest BCUT2D eigenvalue weighted by molar-refractivity contribution is 5.25. The molecule has 128 valence electrons. The number of hydrogen-bond acceptors (Lipinski definition) is 4. The highest BCUT2D eigenvalue weighted by Crippen LogP contribution is 2.27. The molecule has 24 heavy (non-hydrogen) atoms. The van der Waals surface area contributed by atoms with Gasteiger partial charge in [-0.05, 0) is 75.4 Å². The van der Waals surface area contributed by atoms with E-state index in [9.17, 15) is 0 Å². The van der Waals surface area contributed by atoms with Gasteiger partial charge >= 0.3 is 0 Å². The number of nitrogens with one attached hydrogen (secondary N) is 2. The third-order valence-electron chi connectivity index (χ3n) is 4.73. The molecule has 1 aliphatic rings. The molecule has 1 unspecified atom stereocenters. The molecule has 0 saturated heterocycles. The summed E-state index contributed by atoms with van der Waals surface area (Å²) in [6.07, 6.45) is 8.60. The van der Waals surface area contributed by atoms with Crippen molar-refractivity contribution in [2.45, 2.75) is 52.1 Å². The van der Waals surface area contributed by atoms with Crippen LogP contribution in [-0.4, -0.2) is 23.1 Å². The smallest absolute Gasteiger partial charge is 0.0605 e. The summed E-state index contributed by atoms with van der Waals surface area (Å²) in [7, 11) is 0. The van der Waals surface area contributed by atoms with Crippen molar-refractivity contribution >= 4 is 0 Å². The van der Waals surface area contributed by atoms with E-state index in [0.717, 1.165) is 31.7 Å². The summed E-state index contributed by atoms with van der Waals surface area (Å²) in [5.41, 5.74) is 6.32. The van der Waals surface area contributed by atoms with E-state index in [1.165, 1.54) is 41.6 Å². The van der Waals surface area contributed by atoms with Gasteiger partial charge in [0.1, 0.15) is 0 Å². The molecule has 0 bridgehead atoms. The zero-order chi connectivity index (χ0) is 16.8. The van der Waals surface area contributed by atoms with E-state index in [4.69, 9.17) is 0 Å². The molecular weight excluding hydrogens is 296 g/mol. The minimum Gasteiger partial charge on any atom is -0.311 e. The van der Waals surface area contributed by atoms with Gasteiger partial charge in [0.15, 0.2) is 0 Å². The zero-order valence-electron chi connectivity index (χ0n) is 14.8. The van der Waals surface area contributed by atoms with Crippen LogP contribution in [0.5, 0.6) is 0 Å². The maximum Gasteiger partial charge on any atom is 0.0605 e. The summed E-state index contributed by atoms with van der Waals surface area (Å²) in [6, 6.07) is 6.89. The average Bonchev–Trinajstić information content (AvgIpc) is 2.59. The Morgan fingerprint density at radius 1 is 1.21 bits per heavy atom. The lowest BCUT2D eigenvalue weighted by atomic mass is 9.92. The second kappa shape index (κ2) is 8.36. The number of pyridine rings is 2. The van der Waals surface area contributed by atoms with E-state index >= 15 is 0 Å². The van der Waals surface area contributed by atoms with Crippen molar-refractivity contribution in [2.24, 2.45) is 0 Å². The number of nitrogens with zero attached hydrogens (tertiary/aromatic N) is 2. The van der Waals surface area contributed by atoms with E-state index in [-0.39, 0.29) is 0 Å². The van der Waals surface area contributed by atoms with Gasteiger partial charge in [-0.25, -0.2) is 0 Å². The van der Waals surface area contributed by atoms with Gasteiger partial charge in [-0.2, -0.15) is 0 Å². The molecule has 0 aromatic carbocycles. The number of aromatic nitrogens is 2. The molecule has 2 aromatic rings. The summed E-state index contributed by atoms with van der Waals surface area (Å²) >= 11 is 0. The lowest BCUT2D eigenvalue weighted by Gasteiger charge is -2.25. The van der Waals surface area contributed by atoms with Crippen LogP contribution in [0.15, 0.2) is 30.6 Å². The molecule has 4 heteroatoms. The van der Waals surface area contributed by atoms with Crippen LogP contribution in [0.25, 0.3) is 0 Å². The van der Waals surface area contributed by atoms with Crippen LogP contribution in [0.1, 0.15) is 53.4 Å². The van der Waals surface area contributed by atoms with E-state index in [2.05, 4.69) is 46.6 Å². The molecule has 0 amide bonds. The van der Waals surface area contributed by atoms with Crippen molar-refractivity contribution in [3.63, 3.8) is 0 Å². The van der Waals surface area contributed by atoms with Crippen molar-refractivity contribution in [1.82, 2.24) is 20.6 Å². The second-order valence-electron chi connectivity index (χ2n) is 6.75. The van der Waals surface area contributed by atoms with E-state index in [1.54, 1.807) is 0 Å². The monoisotopic (exact) mass is 324 g/mol. The first-order chi connectivity index (χ1) is 11.7. The van der Waals surface area contributed by atoms with Crippen molar-refractivity contribution in [3.05, 3.63) is 58.7 Å². The highest BCUT2D eigenvalue weighted by Gasteiger charge is 2.20. The molecule has 0 saturated carbocycles. The number of rotatable bonds is 7. The fourth-order valence-electron chi connectivity index (χ4n) is 3.43. The topological polar surface area (TPSA) is 49.8 Å². The molecule has 2 heterocycles. The van der Waals surface area contributed by atoms with E-state index in [0.29, 0.717) is 6.04 Å². The summed E-state index contributed by atoms with van der Waals surface area (Å²) in [5, 5.41) is 7.18. The maximum absolute atomic E-state index is 4.59. The fraction of sp³-hybridized carbons (Fsp3) is 0.500. The number of aryl methyl sites for hydroxylation is 3. The number of fused-ring (bicyclic) bond motifs is 1. The molecule has 0 aliphatic heterocycles. The van der Waals surface area contributed by atoms with Gasteiger partial charge in [-0.1, -0.05) is 12.1 Å². The van der Waals surface area contributed by atoms with Crippen LogP contribution >= 0.6 is 0 Å². The maximum atomic E-state index is 4.59. The van der Waals surface area contributed by atoms with Crippen molar-refractivity contribution < 1.29 is 0 Å². The summed E-state index contributed by atoms with van der Waals surface area (Å²) in [6.45, 7) is 7.09. The third-order valence-corrected chi connectivity index (χ3v) is 4.73. The van der Waals surface area contributed by atoms with Gasteiger partial charge in [-0.3, -0.25) is 9.97 Å². The first kappa shape index (κ1) is 17.1. The summed E-state index contributed by atoms with van der Waals surface area (Å²) in [4.78, 5) is 9.09. The van der Waals surface area contributed by atoms with Crippen LogP contribution in [0.2, 0.25) is 0 Å². The Hall–Kier alpha value is -1.78. The van der Waals surface area contributed by atoms with Crippen LogP contribution < -0.4 is 10.6 Å². The Morgan fingerprint density at radius 2 is 2.12 bits per heavy atom. The molecule has 3 rings (SSSR count). The predicted octanol–water partition coefficient (Wildman–Crippen LogP) is 3.24. The quantitative estimate of drug-likeness (QED) is 0.768. The summed E-state index contributed by atoms with van der Waals surface area (Å²) in [5.74, 6) is 0. The van der Waals surface area contributed by atoms with Crippen LogP contribution in [-0.2, 0) is 13.0 Å². The lowest BCUT2D eigenvalue weighted by molar-refractivity contribution is 0.441. The molecule has 0 fully saturated rings. The molecule has 1 aliphatic carbocycles. The van der Waals surface area contributed by atoms with Gasteiger partial charge in [-0.15, -0.1) is 0 Å². The average molecular weight is 324 g/mol. The first-order valence-corrected chi connectivity index (χ1v) is 9.04. The van der Waals surface area contributed by atoms with Gasteiger partial charge in [0, 0.05) is 25.0 Å². The van der Waals surface area contributed by atoms with E-state index < -0.39 is 0 Å². The zero-order valence-corrected chi connectivity index (χ0v) is 14.8. The minimum absolute atomic E-state index is 0.427. The molecule has 2 aromatic heterocycles. The normalized spacial score (nSPS) is 16.8. The Bertz CT molecular complexity index is 668. The van der Waals surface area contributed by atoms with Gasteiger partial charge in [0.2, 0.25) is 0 Å². The van der Waals surface area contributed by atoms with Crippen molar-refractivity contribution in [2.75, 3.05) is 13.1 Å². The van der Waals surface area contributed by atoms with Crippen LogP contribution in [0.4, 0.5) is 0 Å². The van der Waals surface area contributed by atoms with Crippen molar-refractivity contribution in [1.29, 1.82) is 0 Å². The Balaban J connectivity index is 1.37. The van der Waals surface area contributed by atoms with Crippen LogP contribution in [0, 0.1) is 13.8 Å². The Labute approximate surface area is 145 Å². The largest absolute Gasteiger partial charge is 0.311 e. The van der Waals surface area contributed by atoms with Crippen molar-refractivity contribution in [3.8, 4) is 0 Å².